The van der Waals surface area contributed by atoms with Crippen molar-refractivity contribution in [2.75, 3.05) is 11.4 Å². The van der Waals surface area contributed by atoms with Gasteiger partial charge < -0.3 is 4.90 Å². The molecule has 8 heteroatoms. The van der Waals surface area contributed by atoms with E-state index in [9.17, 15) is 13.2 Å². The highest BCUT2D eigenvalue weighted by Gasteiger charge is 2.30. The lowest BCUT2D eigenvalue weighted by molar-refractivity contribution is -0.137. The van der Waals surface area contributed by atoms with Gasteiger partial charge in [-0.05, 0) is 46.6 Å². The largest absolute Gasteiger partial charge is 0.416 e. The van der Waals surface area contributed by atoms with Crippen LogP contribution in [0.1, 0.15) is 12.0 Å². The number of halogens is 4. The van der Waals surface area contributed by atoms with Gasteiger partial charge in [-0.25, -0.2) is 4.68 Å². The monoisotopic (exact) mass is 346 g/mol. The van der Waals surface area contributed by atoms with Crippen molar-refractivity contribution in [2.45, 2.75) is 19.1 Å². The standard InChI is InChI=1S/C12H10BrF3N4/c13-10-17-11-19(6-1-7-20(11)18-10)9-4-2-8(3-5-9)12(14,15)16/h2-5H,1,6-7H2. The van der Waals surface area contributed by atoms with Gasteiger partial charge in [-0.3, -0.25) is 0 Å². The number of hydrogen-bond acceptors (Lipinski definition) is 3. The fourth-order valence-corrected chi connectivity index (χ4v) is 2.56. The highest BCUT2D eigenvalue weighted by molar-refractivity contribution is 9.10. The smallest absolute Gasteiger partial charge is 0.311 e. The van der Waals surface area contributed by atoms with E-state index >= 15 is 0 Å². The molecule has 0 unspecified atom stereocenters. The first-order chi connectivity index (χ1) is 9.45. The zero-order chi connectivity index (χ0) is 14.3. The lowest BCUT2D eigenvalue weighted by Gasteiger charge is -2.28. The van der Waals surface area contributed by atoms with E-state index in [-0.39, 0.29) is 0 Å². The van der Waals surface area contributed by atoms with Gasteiger partial charge in [0.15, 0.2) is 0 Å². The van der Waals surface area contributed by atoms with Crippen LogP contribution in [-0.4, -0.2) is 21.3 Å². The van der Waals surface area contributed by atoms with Gasteiger partial charge in [-0.2, -0.15) is 18.2 Å². The van der Waals surface area contributed by atoms with E-state index in [0.29, 0.717) is 22.9 Å². The van der Waals surface area contributed by atoms with E-state index in [1.165, 1.54) is 12.1 Å². The molecule has 0 atom stereocenters. The Labute approximate surface area is 121 Å². The van der Waals surface area contributed by atoms with Crippen LogP contribution in [0.25, 0.3) is 0 Å². The Balaban J connectivity index is 1.94. The summed E-state index contributed by atoms with van der Waals surface area (Å²) >= 11 is 3.21. The summed E-state index contributed by atoms with van der Waals surface area (Å²) in [6, 6.07) is 5.08. The third-order valence-electron chi connectivity index (χ3n) is 3.13. The molecule has 1 aliphatic rings. The molecule has 1 aliphatic heterocycles. The number of alkyl halides is 3. The third kappa shape index (κ3) is 2.39. The molecule has 1 aromatic carbocycles. The Morgan fingerprint density at radius 3 is 2.45 bits per heavy atom. The van der Waals surface area contributed by atoms with Gasteiger partial charge in [0, 0.05) is 18.8 Å². The van der Waals surface area contributed by atoms with Crippen LogP contribution in [0.15, 0.2) is 29.0 Å². The lowest BCUT2D eigenvalue weighted by Crippen LogP contribution is -2.28. The predicted molar refractivity (Wildman–Crippen MR) is 70.8 cm³/mol. The minimum Gasteiger partial charge on any atom is -0.311 e. The minimum absolute atomic E-state index is 0.478. The summed E-state index contributed by atoms with van der Waals surface area (Å²) in [5.41, 5.74) is 0.0276. The summed E-state index contributed by atoms with van der Waals surface area (Å²) in [5, 5.41) is 4.18. The maximum Gasteiger partial charge on any atom is 0.416 e. The van der Waals surface area contributed by atoms with Crippen molar-refractivity contribution in [1.29, 1.82) is 0 Å². The van der Waals surface area contributed by atoms with Crippen molar-refractivity contribution in [3.05, 3.63) is 34.6 Å². The molecule has 106 valence electrons. The first-order valence-electron chi connectivity index (χ1n) is 6.00. The Hall–Kier alpha value is -1.57. The van der Waals surface area contributed by atoms with E-state index in [0.717, 1.165) is 25.1 Å². The van der Waals surface area contributed by atoms with Crippen molar-refractivity contribution >= 4 is 27.6 Å². The quantitative estimate of drug-likeness (QED) is 0.791. The average molecular weight is 347 g/mol. The molecule has 0 bridgehead atoms. The number of anilines is 2. The van der Waals surface area contributed by atoms with Crippen molar-refractivity contribution in [3.8, 4) is 0 Å². The van der Waals surface area contributed by atoms with E-state index in [4.69, 9.17) is 0 Å². The Morgan fingerprint density at radius 1 is 1.10 bits per heavy atom. The highest BCUT2D eigenvalue weighted by Crippen LogP contribution is 2.33. The van der Waals surface area contributed by atoms with Crippen molar-refractivity contribution in [2.24, 2.45) is 0 Å². The van der Waals surface area contributed by atoms with Crippen LogP contribution in [0, 0.1) is 0 Å². The molecule has 0 aliphatic carbocycles. The zero-order valence-corrected chi connectivity index (χ0v) is 11.8. The van der Waals surface area contributed by atoms with Crippen LogP contribution in [0.3, 0.4) is 0 Å². The Kier molecular flexibility index (Phi) is 3.19. The van der Waals surface area contributed by atoms with Gasteiger partial charge in [0.05, 0.1) is 5.56 Å². The average Bonchev–Trinajstić information content (AvgIpc) is 2.78. The van der Waals surface area contributed by atoms with Crippen LogP contribution in [0.5, 0.6) is 0 Å². The van der Waals surface area contributed by atoms with Crippen molar-refractivity contribution in [1.82, 2.24) is 14.8 Å². The summed E-state index contributed by atoms with van der Waals surface area (Å²) in [6.07, 6.45) is -3.45. The molecule has 1 aromatic heterocycles. The molecular weight excluding hydrogens is 337 g/mol. The molecule has 3 rings (SSSR count). The first-order valence-corrected chi connectivity index (χ1v) is 6.79. The summed E-state index contributed by atoms with van der Waals surface area (Å²) in [5.74, 6) is 0.642. The number of rotatable bonds is 1. The van der Waals surface area contributed by atoms with Crippen LogP contribution < -0.4 is 4.90 Å². The van der Waals surface area contributed by atoms with E-state index in [1.807, 2.05) is 4.90 Å². The SMILES string of the molecule is FC(F)(F)c1ccc(N2CCCn3nc(Br)nc32)cc1. The van der Waals surface area contributed by atoms with Crippen molar-refractivity contribution < 1.29 is 13.2 Å². The minimum atomic E-state index is -4.32. The van der Waals surface area contributed by atoms with Crippen LogP contribution in [0.2, 0.25) is 0 Å². The van der Waals surface area contributed by atoms with E-state index < -0.39 is 11.7 Å². The van der Waals surface area contributed by atoms with Gasteiger partial charge in [-0.15, -0.1) is 5.10 Å². The molecule has 0 saturated carbocycles. The number of aromatic nitrogens is 3. The van der Waals surface area contributed by atoms with Gasteiger partial charge in [0.25, 0.3) is 0 Å². The molecule has 0 spiro atoms. The number of aryl methyl sites for hydroxylation is 1. The Morgan fingerprint density at radius 2 is 1.80 bits per heavy atom. The second-order valence-corrected chi connectivity index (χ2v) is 5.16. The van der Waals surface area contributed by atoms with E-state index in [2.05, 4.69) is 26.0 Å². The molecule has 0 radical (unpaired) electrons. The fraction of sp³-hybridized carbons (Fsp3) is 0.333. The van der Waals surface area contributed by atoms with Gasteiger partial charge >= 0.3 is 6.18 Å². The van der Waals surface area contributed by atoms with Crippen LogP contribution in [0.4, 0.5) is 24.8 Å². The first kappa shape index (κ1) is 13.4. The summed E-state index contributed by atoms with van der Waals surface area (Å²) in [6.45, 7) is 1.46. The molecule has 2 heterocycles. The maximum absolute atomic E-state index is 12.6. The second kappa shape index (κ2) is 4.76. The lowest BCUT2D eigenvalue weighted by atomic mass is 10.2. The molecule has 0 N–H and O–H groups in total. The van der Waals surface area contributed by atoms with Crippen LogP contribution in [-0.2, 0) is 12.7 Å². The summed E-state index contributed by atoms with van der Waals surface area (Å²) in [4.78, 5) is 6.11. The normalized spacial score (nSPS) is 15.3. The molecule has 0 saturated heterocycles. The van der Waals surface area contributed by atoms with E-state index in [1.54, 1.807) is 4.68 Å². The molecule has 2 aromatic rings. The fourth-order valence-electron chi connectivity index (χ4n) is 2.21. The number of benzene rings is 1. The number of fused-ring (bicyclic) bond motifs is 1. The van der Waals surface area contributed by atoms with Crippen molar-refractivity contribution in [3.63, 3.8) is 0 Å². The number of nitrogens with zero attached hydrogens (tertiary/aromatic N) is 4. The Bertz CT molecular complexity index is 621. The maximum atomic E-state index is 12.6. The second-order valence-electron chi connectivity index (χ2n) is 4.45. The molecule has 0 amide bonds. The highest BCUT2D eigenvalue weighted by atomic mass is 79.9. The zero-order valence-electron chi connectivity index (χ0n) is 10.2. The predicted octanol–water partition coefficient (Wildman–Crippen LogP) is 3.60. The van der Waals surface area contributed by atoms with Gasteiger partial charge in [0.1, 0.15) is 0 Å². The topological polar surface area (TPSA) is 34.0 Å². The molecule has 20 heavy (non-hydrogen) atoms. The van der Waals surface area contributed by atoms with Crippen LogP contribution >= 0.6 is 15.9 Å². The molecule has 4 nitrogen and oxygen atoms in total. The summed E-state index contributed by atoms with van der Waals surface area (Å²) < 4.78 is 39.9. The van der Waals surface area contributed by atoms with Gasteiger partial charge in [-0.1, -0.05) is 0 Å². The molecular formula is C12H10BrF3N4. The van der Waals surface area contributed by atoms with Gasteiger partial charge in [0.2, 0.25) is 10.7 Å². The molecule has 0 fully saturated rings. The summed E-state index contributed by atoms with van der Waals surface area (Å²) in [7, 11) is 0. The third-order valence-corrected chi connectivity index (χ3v) is 3.46. The number of hydrogen-bond donors (Lipinski definition) is 0.